The zero-order valence-corrected chi connectivity index (χ0v) is 23.1. The molecule has 2 aromatic rings. The van der Waals surface area contributed by atoms with Gasteiger partial charge in [-0.15, -0.1) is 0 Å². The maximum atomic E-state index is 15.1. The highest BCUT2D eigenvalue weighted by molar-refractivity contribution is 5.66. The Hall–Kier alpha value is -2.85. The van der Waals surface area contributed by atoms with Crippen molar-refractivity contribution >= 4 is 0 Å². The number of rotatable bonds is 10. The van der Waals surface area contributed by atoms with Crippen molar-refractivity contribution in [3.05, 3.63) is 59.9 Å². The van der Waals surface area contributed by atoms with Crippen LogP contribution in [0.1, 0.15) is 71.1 Å². The smallest absolute Gasteiger partial charge is 0.425 e. The van der Waals surface area contributed by atoms with Crippen molar-refractivity contribution in [1.29, 1.82) is 0 Å². The summed E-state index contributed by atoms with van der Waals surface area (Å²) < 4.78 is 133. The van der Waals surface area contributed by atoms with E-state index in [9.17, 15) is 30.7 Å². The SMILES string of the molecule is CCCC1CCC(C2CCC(C(F)(F)Oc3ccc(-c4cc(F)c(OC(F)(F)C=C(F)F)c(F)c4)c(F)c3)CC2)CC1. The quantitative estimate of drug-likeness (QED) is 0.250. The van der Waals surface area contributed by atoms with Crippen LogP contribution in [0.2, 0.25) is 0 Å². The average Bonchev–Trinajstić information content (AvgIpc) is 2.90. The molecular formula is C31H33F9O2. The molecule has 0 N–H and O–H groups in total. The molecule has 2 fully saturated rings. The standard InChI is InChI=1S/C31H33F9O2/c1-2-3-18-4-6-19(7-5-18)20-8-10-22(11-9-20)31(39,40)41-23-12-13-24(25(32)16-23)21-14-26(33)29(27(34)15-21)42-30(37,38)17-28(35)36/h12-20,22H,2-11H2,1H3. The summed E-state index contributed by atoms with van der Waals surface area (Å²) in [7, 11) is 0. The van der Waals surface area contributed by atoms with Gasteiger partial charge in [0.1, 0.15) is 11.6 Å². The largest absolute Gasteiger partial charge is 0.432 e. The molecule has 232 valence electrons. The molecule has 0 spiro atoms. The van der Waals surface area contributed by atoms with Crippen LogP contribution in [0.25, 0.3) is 11.1 Å². The van der Waals surface area contributed by atoms with E-state index in [1.807, 2.05) is 0 Å². The lowest BCUT2D eigenvalue weighted by Gasteiger charge is -2.39. The van der Waals surface area contributed by atoms with Gasteiger partial charge in [0.2, 0.25) is 0 Å². The third-order valence-corrected chi connectivity index (χ3v) is 8.52. The van der Waals surface area contributed by atoms with Crippen LogP contribution in [0.4, 0.5) is 39.5 Å². The molecule has 2 aromatic carbocycles. The highest BCUT2D eigenvalue weighted by Crippen LogP contribution is 2.46. The number of benzene rings is 2. The van der Waals surface area contributed by atoms with Gasteiger partial charge in [-0.2, -0.15) is 26.3 Å². The fourth-order valence-electron chi connectivity index (χ4n) is 6.42. The maximum Gasteiger partial charge on any atom is 0.425 e. The summed E-state index contributed by atoms with van der Waals surface area (Å²) >= 11 is 0. The molecule has 0 bridgehead atoms. The van der Waals surface area contributed by atoms with E-state index in [2.05, 4.69) is 11.7 Å². The fraction of sp³-hybridized carbons (Fsp3) is 0.548. The molecule has 2 aliphatic rings. The molecule has 0 atom stereocenters. The van der Waals surface area contributed by atoms with Gasteiger partial charge in [0.15, 0.2) is 17.4 Å². The lowest BCUT2D eigenvalue weighted by Crippen LogP contribution is -2.38. The molecule has 0 aromatic heterocycles. The summed E-state index contributed by atoms with van der Waals surface area (Å²) in [6.45, 7) is 2.19. The van der Waals surface area contributed by atoms with Gasteiger partial charge in [0, 0.05) is 11.6 Å². The number of ether oxygens (including phenoxy) is 2. The van der Waals surface area contributed by atoms with Crippen LogP contribution in [0.15, 0.2) is 42.5 Å². The summed E-state index contributed by atoms with van der Waals surface area (Å²) in [6.07, 6.45) is -3.00. The monoisotopic (exact) mass is 608 g/mol. The summed E-state index contributed by atoms with van der Waals surface area (Å²) in [5, 5.41) is 0. The first-order valence-corrected chi connectivity index (χ1v) is 14.2. The summed E-state index contributed by atoms with van der Waals surface area (Å²) in [5.41, 5.74) is -0.906. The van der Waals surface area contributed by atoms with Crippen molar-refractivity contribution in [2.24, 2.45) is 23.7 Å². The molecular weight excluding hydrogens is 575 g/mol. The zero-order chi connectivity index (χ0) is 30.7. The van der Waals surface area contributed by atoms with Crippen molar-refractivity contribution in [1.82, 2.24) is 0 Å². The second-order valence-electron chi connectivity index (χ2n) is 11.4. The molecule has 0 aliphatic heterocycles. The molecule has 0 heterocycles. The lowest BCUT2D eigenvalue weighted by atomic mass is 9.68. The van der Waals surface area contributed by atoms with Gasteiger partial charge in [-0.05, 0) is 86.1 Å². The minimum Gasteiger partial charge on any atom is -0.432 e. The third-order valence-electron chi connectivity index (χ3n) is 8.52. The predicted octanol–water partition coefficient (Wildman–Crippen LogP) is 10.9. The Morgan fingerprint density at radius 2 is 1.36 bits per heavy atom. The molecule has 2 saturated carbocycles. The van der Waals surface area contributed by atoms with Crippen molar-refractivity contribution in [2.45, 2.75) is 83.3 Å². The molecule has 42 heavy (non-hydrogen) atoms. The summed E-state index contributed by atoms with van der Waals surface area (Å²) in [5.74, 6) is -6.01. The Bertz CT molecular complexity index is 1220. The number of halogens is 9. The van der Waals surface area contributed by atoms with Crippen LogP contribution in [0.3, 0.4) is 0 Å². The normalized spacial score (nSPS) is 23.4. The Balaban J connectivity index is 1.38. The molecule has 0 amide bonds. The van der Waals surface area contributed by atoms with Crippen LogP contribution in [-0.2, 0) is 0 Å². The number of hydrogen-bond donors (Lipinski definition) is 0. The maximum absolute atomic E-state index is 15.1. The van der Waals surface area contributed by atoms with E-state index in [-0.39, 0.29) is 12.8 Å². The van der Waals surface area contributed by atoms with E-state index in [0.29, 0.717) is 42.9 Å². The van der Waals surface area contributed by atoms with Crippen LogP contribution < -0.4 is 9.47 Å². The lowest BCUT2D eigenvalue weighted by molar-refractivity contribution is -0.224. The zero-order valence-electron chi connectivity index (χ0n) is 23.1. The Labute approximate surface area is 238 Å². The highest BCUT2D eigenvalue weighted by atomic mass is 19.3. The minimum absolute atomic E-state index is 0.285. The second kappa shape index (κ2) is 13.2. The van der Waals surface area contributed by atoms with Crippen LogP contribution in [0, 0.1) is 41.1 Å². The molecule has 11 heteroatoms. The van der Waals surface area contributed by atoms with Crippen LogP contribution >= 0.6 is 0 Å². The van der Waals surface area contributed by atoms with E-state index in [0.717, 1.165) is 30.9 Å². The van der Waals surface area contributed by atoms with Gasteiger partial charge in [0.25, 0.3) is 6.08 Å². The van der Waals surface area contributed by atoms with Gasteiger partial charge in [-0.25, -0.2) is 13.2 Å². The first kappa shape index (κ1) is 32.1. The average molecular weight is 609 g/mol. The van der Waals surface area contributed by atoms with Gasteiger partial charge in [-0.3, -0.25) is 0 Å². The molecule has 2 aliphatic carbocycles. The van der Waals surface area contributed by atoms with E-state index >= 15 is 8.78 Å². The number of hydrogen-bond acceptors (Lipinski definition) is 2. The minimum atomic E-state index is -4.72. The second-order valence-corrected chi connectivity index (χ2v) is 11.4. The van der Waals surface area contributed by atoms with Crippen molar-refractivity contribution in [2.75, 3.05) is 0 Å². The van der Waals surface area contributed by atoms with Gasteiger partial charge >= 0.3 is 12.2 Å². The molecule has 0 unspecified atom stereocenters. The summed E-state index contributed by atoms with van der Waals surface area (Å²) in [6, 6.07) is 3.51. The molecule has 2 nitrogen and oxygen atoms in total. The third kappa shape index (κ3) is 7.95. The Morgan fingerprint density at radius 1 is 0.786 bits per heavy atom. The van der Waals surface area contributed by atoms with Crippen molar-refractivity contribution in [3.63, 3.8) is 0 Å². The van der Waals surface area contributed by atoms with Crippen molar-refractivity contribution in [3.8, 4) is 22.6 Å². The summed E-state index contributed by atoms with van der Waals surface area (Å²) in [4.78, 5) is 0. The first-order valence-electron chi connectivity index (χ1n) is 14.2. The van der Waals surface area contributed by atoms with Crippen molar-refractivity contribution < 1.29 is 49.0 Å². The van der Waals surface area contributed by atoms with Crippen LogP contribution in [-0.4, -0.2) is 12.2 Å². The van der Waals surface area contributed by atoms with E-state index in [4.69, 9.17) is 4.74 Å². The predicted molar refractivity (Wildman–Crippen MR) is 139 cm³/mol. The first-order chi connectivity index (χ1) is 19.8. The van der Waals surface area contributed by atoms with Gasteiger partial charge in [0.05, 0.1) is 12.0 Å². The van der Waals surface area contributed by atoms with E-state index in [1.54, 1.807) is 0 Å². The van der Waals surface area contributed by atoms with Crippen LogP contribution in [0.5, 0.6) is 11.5 Å². The number of alkyl halides is 4. The fourth-order valence-corrected chi connectivity index (χ4v) is 6.42. The van der Waals surface area contributed by atoms with Gasteiger partial charge < -0.3 is 9.47 Å². The topological polar surface area (TPSA) is 18.5 Å². The molecule has 0 saturated heterocycles. The highest BCUT2D eigenvalue weighted by Gasteiger charge is 2.45. The van der Waals surface area contributed by atoms with Gasteiger partial charge in [-0.1, -0.05) is 32.6 Å². The Kier molecular flexibility index (Phi) is 10.1. The molecule has 0 radical (unpaired) electrons. The van der Waals surface area contributed by atoms with E-state index in [1.165, 1.54) is 25.7 Å². The van der Waals surface area contributed by atoms with E-state index < -0.39 is 70.4 Å². The molecule has 4 rings (SSSR count). The Morgan fingerprint density at radius 3 is 1.88 bits per heavy atom.